The van der Waals surface area contributed by atoms with Crippen LogP contribution >= 0.6 is 0 Å². The minimum Gasteiger partial charge on any atom is -0.467 e. The lowest BCUT2D eigenvalue weighted by Gasteiger charge is -2.31. The molecule has 37 heavy (non-hydrogen) atoms. The largest absolute Gasteiger partial charge is 0.467 e. The monoisotopic (exact) mass is 505 g/mol. The predicted octanol–water partition coefficient (Wildman–Crippen LogP) is 3.19. The molecule has 1 aliphatic heterocycles. The number of carbonyl (C=O) groups excluding carboxylic acids is 2. The molecule has 8 nitrogen and oxygen atoms in total. The Bertz CT molecular complexity index is 1070. The van der Waals surface area contributed by atoms with Gasteiger partial charge in [0.1, 0.15) is 12.4 Å². The fourth-order valence-electron chi connectivity index (χ4n) is 4.19. The summed E-state index contributed by atoms with van der Waals surface area (Å²) in [7, 11) is 0. The van der Waals surface area contributed by atoms with Gasteiger partial charge >= 0.3 is 0 Å². The van der Waals surface area contributed by atoms with Crippen LogP contribution in [0.4, 0.5) is 0 Å². The van der Waals surface area contributed by atoms with Gasteiger partial charge in [0.25, 0.3) is 0 Å². The van der Waals surface area contributed by atoms with Crippen LogP contribution in [0.1, 0.15) is 16.9 Å². The van der Waals surface area contributed by atoms with Crippen LogP contribution in [0.2, 0.25) is 0 Å². The first kappa shape index (κ1) is 26.6. The molecule has 0 unspecified atom stereocenters. The van der Waals surface area contributed by atoms with Gasteiger partial charge in [-0.05, 0) is 23.3 Å². The van der Waals surface area contributed by atoms with Gasteiger partial charge in [0.15, 0.2) is 0 Å². The van der Waals surface area contributed by atoms with Gasteiger partial charge in [-0.3, -0.25) is 14.5 Å². The summed E-state index contributed by atoms with van der Waals surface area (Å²) in [6.07, 6.45) is 1.60. The Morgan fingerprint density at radius 2 is 1.51 bits per heavy atom. The number of hydrogen-bond donors (Lipinski definition) is 0. The Kier molecular flexibility index (Phi) is 10.3. The van der Waals surface area contributed by atoms with Crippen LogP contribution in [0.25, 0.3) is 0 Å². The number of furan rings is 1. The van der Waals surface area contributed by atoms with Crippen LogP contribution in [0.3, 0.4) is 0 Å². The van der Waals surface area contributed by atoms with Crippen molar-refractivity contribution in [3.63, 3.8) is 0 Å². The highest BCUT2D eigenvalue weighted by molar-refractivity contribution is 5.85. The Morgan fingerprint density at radius 1 is 0.811 bits per heavy atom. The fraction of sp³-hybridized carbons (Fsp3) is 0.379. The zero-order valence-electron chi connectivity index (χ0n) is 21.2. The van der Waals surface area contributed by atoms with Gasteiger partial charge in [-0.15, -0.1) is 0 Å². The third-order valence-corrected chi connectivity index (χ3v) is 6.30. The van der Waals surface area contributed by atoms with E-state index >= 15 is 0 Å². The third-order valence-electron chi connectivity index (χ3n) is 6.30. The summed E-state index contributed by atoms with van der Waals surface area (Å²) in [5.74, 6) is 0.357. The molecule has 2 heterocycles. The number of amides is 2. The Labute approximate surface area is 218 Å². The molecule has 3 aromatic rings. The molecule has 196 valence electrons. The number of nitrogens with zero attached hydrogens (tertiary/aromatic N) is 3. The lowest BCUT2D eigenvalue weighted by molar-refractivity contribution is -0.144. The highest BCUT2D eigenvalue weighted by Gasteiger charge is 2.23. The van der Waals surface area contributed by atoms with Crippen molar-refractivity contribution in [1.82, 2.24) is 14.7 Å². The van der Waals surface area contributed by atoms with E-state index in [1.54, 1.807) is 16.1 Å². The molecule has 0 radical (unpaired) electrons. The molecule has 1 fully saturated rings. The van der Waals surface area contributed by atoms with Gasteiger partial charge in [-0.1, -0.05) is 60.7 Å². The minimum atomic E-state index is -0.199. The molecule has 0 N–H and O–H groups in total. The maximum atomic E-state index is 13.6. The average molecular weight is 506 g/mol. The predicted molar refractivity (Wildman–Crippen MR) is 139 cm³/mol. The number of hydrogen-bond acceptors (Lipinski definition) is 6. The van der Waals surface area contributed by atoms with Crippen LogP contribution in [-0.2, 0) is 38.8 Å². The SMILES string of the molecule is O=C(COCc1ccccc1)N(CCN1CCOCC1)CC(=O)N(Cc1ccccc1)Cc1ccco1. The molecular weight excluding hydrogens is 470 g/mol. The molecule has 2 aromatic carbocycles. The van der Waals surface area contributed by atoms with E-state index in [9.17, 15) is 9.59 Å². The Hall–Kier alpha value is -3.46. The average Bonchev–Trinajstić information content (AvgIpc) is 3.45. The molecule has 0 bridgehead atoms. The van der Waals surface area contributed by atoms with E-state index in [4.69, 9.17) is 13.9 Å². The van der Waals surface area contributed by atoms with Gasteiger partial charge in [-0.2, -0.15) is 0 Å². The van der Waals surface area contributed by atoms with Crippen LogP contribution in [0.15, 0.2) is 83.5 Å². The summed E-state index contributed by atoms with van der Waals surface area (Å²) in [6, 6.07) is 23.2. The summed E-state index contributed by atoms with van der Waals surface area (Å²) in [5.41, 5.74) is 2.01. The first-order chi connectivity index (χ1) is 18.2. The van der Waals surface area contributed by atoms with E-state index in [1.807, 2.05) is 72.8 Å². The molecule has 8 heteroatoms. The minimum absolute atomic E-state index is 0.0224. The zero-order chi connectivity index (χ0) is 25.7. The molecule has 0 saturated carbocycles. The summed E-state index contributed by atoms with van der Waals surface area (Å²) >= 11 is 0. The van der Waals surface area contributed by atoms with Crippen LogP contribution in [0, 0.1) is 0 Å². The molecular formula is C29H35N3O5. The van der Waals surface area contributed by atoms with Crippen LogP contribution in [-0.4, -0.2) is 79.1 Å². The zero-order valence-corrected chi connectivity index (χ0v) is 21.2. The summed E-state index contributed by atoms with van der Waals surface area (Å²) in [6.45, 7) is 5.12. The van der Waals surface area contributed by atoms with Gasteiger partial charge in [0.05, 0.1) is 39.2 Å². The number of carbonyl (C=O) groups is 2. The number of rotatable bonds is 13. The van der Waals surface area contributed by atoms with Gasteiger partial charge in [-0.25, -0.2) is 0 Å². The summed E-state index contributed by atoms with van der Waals surface area (Å²) in [4.78, 5) is 32.4. The second-order valence-electron chi connectivity index (χ2n) is 9.06. The molecule has 1 aliphatic rings. The van der Waals surface area contributed by atoms with Crippen LogP contribution in [0.5, 0.6) is 0 Å². The van der Waals surface area contributed by atoms with Crippen molar-refractivity contribution in [3.8, 4) is 0 Å². The normalized spacial score (nSPS) is 13.8. The van der Waals surface area contributed by atoms with Crippen LogP contribution < -0.4 is 0 Å². The first-order valence-corrected chi connectivity index (χ1v) is 12.7. The number of benzene rings is 2. The quantitative estimate of drug-likeness (QED) is 0.355. The van der Waals surface area contributed by atoms with E-state index in [1.165, 1.54) is 0 Å². The standard InChI is InChI=1S/C29H35N3O5/c33-28(32(21-27-12-7-17-37-27)20-25-8-3-1-4-9-25)22-31(14-13-30-15-18-35-19-16-30)29(34)24-36-23-26-10-5-2-6-11-26/h1-12,17H,13-16,18-24H2. The van der Waals surface area contributed by atoms with Gasteiger partial charge in [0.2, 0.25) is 11.8 Å². The maximum Gasteiger partial charge on any atom is 0.249 e. The van der Waals surface area contributed by atoms with Crippen molar-refractivity contribution in [3.05, 3.63) is 95.9 Å². The summed E-state index contributed by atoms with van der Waals surface area (Å²) in [5, 5.41) is 0. The molecule has 0 spiro atoms. The van der Waals surface area contributed by atoms with E-state index < -0.39 is 0 Å². The summed E-state index contributed by atoms with van der Waals surface area (Å²) < 4.78 is 16.7. The van der Waals surface area contributed by atoms with Crippen molar-refractivity contribution in [2.24, 2.45) is 0 Å². The molecule has 0 atom stereocenters. The molecule has 2 amide bonds. The molecule has 4 rings (SSSR count). The maximum absolute atomic E-state index is 13.6. The number of morpholine rings is 1. The van der Waals surface area contributed by atoms with Crippen molar-refractivity contribution >= 4 is 11.8 Å². The fourth-order valence-corrected chi connectivity index (χ4v) is 4.19. The van der Waals surface area contributed by atoms with Gasteiger partial charge in [0, 0.05) is 32.7 Å². The third kappa shape index (κ3) is 8.86. The topological polar surface area (TPSA) is 75.5 Å². The molecule has 0 aliphatic carbocycles. The number of ether oxygens (including phenoxy) is 2. The molecule has 1 saturated heterocycles. The van der Waals surface area contributed by atoms with Crippen molar-refractivity contribution in [2.75, 3.05) is 52.5 Å². The van der Waals surface area contributed by atoms with Gasteiger partial charge < -0.3 is 23.7 Å². The van der Waals surface area contributed by atoms with Crippen molar-refractivity contribution in [1.29, 1.82) is 0 Å². The highest BCUT2D eigenvalue weighted by Crippen LogP contribution is 2.12. The lowest BCUT2D eigenvalue weighted by Crippen LogP contribution is -2.48. The Morgan fingerprint density at radius 3 is 2.19 bits per heavy atom. The van der Waals surface area contributed by atoms with Crippen molar-refractivity contribution in [2.45, 2.75) is 19.7 Å². The molecule has 1 aromatic heterocycles. The van der Waals surface area contributed by atoms with Crippen molar-refractivity contribution < 1.29 is 23.5 Å². The lowest BCUT2D eigenvalue weighted by atomic mass is 10.2. The smallest absolute Gasteiger partial charge is 0.249 e. The van der Waals surface area contributed by atoms with E-state index in [0.29, 0.717) is 51.8 Å². The van der Waals surface area contributed by atoms with E-state index in [0.717, 1.165) is 24.2 Å². The Balaban J connectivity index is 1.41. The second-order valence-corrected chi connectivity index (χ2v) is 9.06. The second kappa shape index (κ2) is 14.3. The van der Waals surface area contributed by atoms with E-state index in [-0.39, 0.29) is 25.0 Å². The highest BCUT2D eigenvalue weighted by atomic mass is 16.5. The van der Waals surface area contributed by atoms with E-state index in [2.05, 4.69) is 4.90 Å². The first-order valence-electron chi connectivity index (χ1n) is 12.7.